The summed E-state index contributed by atoms with van der Waals surface area (Å²) < 4.78 is 15.9. The lowest BCUT2D eigenvalue weighted by molar-refractivity contribution is -0.384. The van der Waals surface area contributed by atoms with Crippen LogP contribution in [-0.2, 0) is 23.8 Å². The Morgan fingerprint density at radius 3 is 2.34 bits per heavy atom. The average molecular weight is 541 g/mol. The van der Waals surface area contributed by atoms with Gasteiger partial charge in [0.05, 0.1) is 35.0 Å². The van der Waals surface area contributed by atoms with E-state index in [9.17, 15) is 24.5 Å². The van der Waals surface area contributed by atoms with Crippen LogP contribution in [0.2, 0.25) is 0 Å². The zero-order chi connectivity index (χ0) is 27.7. The maximum absolute atomic E-state index is 13.2. The molecule has 0 radical (unpaired) electrons. The molecule has 1 aliphatic rings. The first kappa shape index (κ1) is 28.6. The molecule has 10 nitrogen and oxygen atoms in total. The van der Waals surface area contributed by atoms with E-state index in [1.165, 1.54) is 30.0 Å². The number of ether oxygens (including phenoxy) is 3. The summed E-state index contributed by atoms with van der Waals surface area (Å²) in [5.74, 6) is -3.53. The van der Waals surface area contributed by atoms with Crippen molar-refractivity contribution in [2.45, 2.75) is 26.7 Å². The Kier molecular flexibility index (Phi) is 10.2. The van der Waals surface area contributed by atoms with Crippen molar-refractivity contribution in [3.63, 3.8) is 0 Å². The van der Waals surface area contributed by atoms with Crippen molar-refractivity contribution < 1.29 is 33.5 Å². The van der Waals surface area contributed by atoms with E-state index >= 15 is 0 Å². The van der Waals surface area contributed by atoms with Crippen molar-refractivity contribution in [3.8, 4) is 0 Å². The van der Waals surface area contributed by atoms with Gasteiger partial charge in [0, 0.05) is 29.5 Å². The van der Waals surface area contributed by atoms with Crippen LogP contribution in [0.5, 0.6) is 0 Å². The number of aliphatic imine (C=N–C) groups is 1. The van der Waals surface area contributed by atoms with Gasteiger partial charge < -0.3 is 14.2 Å². The first-order valence-corrected chi connectivity index (χ1v) is 13.1. The van der Waals surface area contributed by atoms with Crippen LogP contribution in [0, 0.1) is 16.0 Å². The molecule has 2 atom stereocenters. The number of hydrogen-bond acceptors (Lipinski definition) is 10. The summed E-state index contributed by atoms with van der Waals surface area (Å²) in [6.07, 6.45) is 0. The molecule has 38 heavy (non-hydrogen) atoms. The molecule has 3 rings (SSSR count). The predicted molar refractivity (Wildman–Crippen MR) is 142 cm³/mol. The number of thioether (sulfide) groups is 1. The minimum Gasteiger partial charge on any atom is -0.465 e. The predicted octanol–water partition coefficient (Wildman–Crippen LogP) is 4.70. The Morgan fingerprint density at radius 1 is 0.974 bits per heavy atom. The molecule has 200 valence electrons. The lowest BCUT2D eigenvalue weighted by Gasteiger charge is -2.32. The molecule has 2 aromatic carbocycles. The molecule has 0 spiro atoms. The third-order valence-corrected chi connectivity index (χ3v) is 6.48. The van der Waals surface area contributed by atoms with Crippen molar-refractivity contribution in [2.75, 3.05) is 24.9 Å². The Morgan fingerprint density at radius 2 is 1.68 bits per heavy atom. The minimum atomic E-state index is -0.985. The van der Waals surface area contributed by atoms with Crippen LogP contribution >= 0.6 is 11.8 Å². The third kappa shape index (κ3) is 6.86. The van der Waals surface area contributed by atoms with Gasteiger partial charge in [0.15, 0.2) is 0 Å². The SMILES string of the molecule is CCOC(=O)C1=C(CSCOC(=O)c2ccccc2)N=C(C)C(C(=O)OCC)C1c1cccc([N+](=O)[O-])c1. The third-order valence-electron chi connectivity index (χ3n) is 5.71. The molecule has 0 aliphatic carbocycles. The molecule has 0 bridgehead atoms. The highest BCUT2D eigenvalue weighted by Gasteiger charge is 2.43. The molecule has 2 unspecified atom stereocenters. The standard InChI is InChI=1S/C27H28N2O8S/c1-4-35-26(31)22-17(3)28-21(15-38-16-37-25(30)18-10-7-6-8-11-18)24(27(32)36-5-2)23(22)19-12-9-13-20(14-19)29(33)34/h6-14,22-23H,4-5,15-16H2,1-3H3. The summed E-state index contributed by atoms with van der Waals surface area (Å²) in [7, 11) is 0. The molecule has 0 amide bonds. The molecule has 0 saturated carbocycles. The molecule has 11 heteroatoms. The number of benzene rings is 2. The summed E-state index contributed by atoms with van der Waals surface area (Å²) in [6, 6.07) is 14.3. The lowest BCUT2D eigenvalue weighted by Crippen LogP contribution is -2.37. The Hall–Kier alpha value is -3.99. The summed E-state index contributed by atoms with van der Waals surface area (Å²) in [5.41, 5.74) is 1.44. The van der Waals surface area contributed by atoms with Crippen molar-refractivity contribution in [1.82, 2.24) is 0 Å². The zero-order valence-corrected chi connectivity index (χ0v) is 22.1. The van der Waals surface area contributed by atoms with E-state index in [-0.39, 0.29) is 36.2 Å². The maximum atomic E-state index is 13.2. The summed E-state index contributed by atoms with van der Waals surface area (Å²) in [6.45, 7) is 5.15. The fraction of sp³-hybridized carbons (Fsp3) is 0.333. The number of carbonyl (C=O) groups is 3. The van der Waals surface area contributed by atoms with E-state index in [0.717, 1.165) is 0 Å². The van der Waals surface area contributed by atoms with E-state index < -0.39 is 34.7 Å². The van der Waals surface area contributed by atoms with Gasteiger partial charge >= 0.3 is 17.9 Å². The average Bonchev–Trinajstić information content (AvgIpc) is 2.91. The fourth-order valence-electron chi connectivity index (χ4n) is 4.11. The van der Waals surface area contributed by atoms with Gasteiger partial charge in [0.1, 0.15) is 11.9 Å². The van der Waals surface area contributed by atoms with Crippen LogP contribution in [0.4, 0.5) is 5.69 Å². The molecule has 2 aromatic rings. The zero-order valence-electron chi connectivity index (χ0n) is 21.2. The first-order valence-electron chi connectivity index (χ1n) is 11.9. The highest BCUT2D eigenvalue weighted by Crippen LogP contribution is 2.41. The highest BCUT2D eigenvalue weighted by molar-refractivity contribution is 7.99. The maximum Gasteiger partial charge on any atom is 0.338 e. The normalized spacial score (nSPS) is 16.9. The van der Waals surface area contributed by atoms with E-state index in [1.54, 1.807) is 57.2 Å². The molecular formula is C27H28N2O8S. The molecular weight excluding hydrogens is 512 g/mol. The van der Waals surface area contributed by atoms with Gasteiger partial charge in [0.2, 0.25) is 0 Å². The highest BCUT2D eigenvalue weighted by atomic mass is 32.2. The smallest absolute Gasteiger partial charge is 0.338 e. The number of non-ortho nitro benzene ring substituents is 1. The van der Waals surface area contributed by atoms with Crippen LogP contribution in [0.25, 0.3) is 0 Å². The first-order chi connectivity index (χ1) is 18.3. The Balaban J connectivity index is 1.98. The number of nitro benzene ring substituents is 1. The quantitative estimate of drug-likeness (QED) is 0.0992. The molecule has 0 fully saturated rings. The van der Waals surface area contributed by atoms with Crippen LogP contribution in [0.3, 0.4) is 0 Å². The Bertz CT molecular complexity index is 1260. The monoisotopic (exact) mass is 540 g/mol. The van der Waals surface area contributed by atoms with E-state index in [4.69, 9.17) is 14.2 Å². The second-order valence-electron chi connectivity index (χ2n) is 8.16. The number of esters is 3. The van der Waals surface area contributed by atoms with Crippen molar-refractivity contribution in [1.29, 1.82) is 0 Å². The lowest BCUT2D eigenvalue weighted by atomic mass is 9.75. The summed E-state index contributed by atoms with van der Waals surface area (Å²) in [5, 5.41) is 11.5. The summed E-state index contributed by atoms with van der Waals surface area (Å²) >= 11 is 1.21. The van der Waals surface area contributed by atoms with Gasteiger partial charge in [-0.3, -0.25) is 19.9 Å². The van der Waals surface area contributed by atoms with Gasteiger partial charge in [-0.1, -0.05) is 30.3 Å². The van der Waals surface area contributed by atoms with Gasteiger partial charge in [-0.25, -0.2) is 9.59 Å². The van der Waals surface area contributed by atoms with Gasteiger partial charge in [-0.15, -0.1) is 11.8 Å². The fourth-order valence-corrected chi connectivity index (χ4v) is 4.80. The van der Waals surface area contributed by atoms with Crippen molar-refractivity contribution in [2.24, 2.45) is 10.9 Å². The van der Waals surface area contributed by atoms with Crippen LogP contribution in [0.1, 0.15) is 42.6 Å². The van der Waals surface area contributed by atoms with E-state index in [1.807, 2.05) is 0 Å². The van der Waals surface area contributed by atoms with Crippen LogP contribution in [0.15, 0.2) is 70.9 Å². The van der Waals surface area contributed by atoms with Crippen LogP contribution < -0.4 is 0 Å². The van der Waals surface area contributed by atoms with E-state index in [0.29, 0.717) is 22.5 Å². The molecule has 0 saturated heterocycles. The van der Waals surface area contributed by atoms with Gasteiger partial charge in [-0.05, 0) is 38.5 Å². The van der Waals surface area contributed by atoms with Gasteiger partial charge in [0.25, 0.3) is 5.69 Å². The van der Waals surface area contributed by atoms with Crippen molar-refractivity contribution >= 4 is 41.1 Å². The van der Waals surface area contributed by atoms with Crippen molar-refractivity contribution in [3.05, 3.63) is 87.1 Å². The molecule has 0 N–H and O–H groups in total. The number of carbonyl (C=O) groups excluding carboxylic acids is 3. The Labute approximate surface area is 224 Å². The number of nitrogens with zero attached hydrogens (tertiary/aromatic N) is 2. The van der Waals surface area contributed by atoms with Crippen LogP contribution in [-0.4, -0.2) is 53.4 Å². The molecule has 1 aliphatic heterocycles. The molecule has 0 aromatic heterocycles. The second kappa shape index (κ2) is 13.5. The van der Waals surface area contributed by atoms with E-state index in [2.05, 4.69) is 4.99 Å². The second-order valence-corrected chi connectivity index (χ2v) is 9.09. The number of hydrogen-bond donors (Lipinski definition) is 0. The number of nitro groups is 1. The largest absolute Gasteiger partial charge is 0.465 e. The topological polar surface area (TPSA) is 134 Å². The van der Waals surface area contributed by atoms with Gasteiger partial charge in [-0.2, -0.15) is 0 Å². The number of rotatable bonds is 11. The summed E-state index contributed by atoms with van der Waals surface area (Å²) in [4.78, 5) is 54.0. The molecule has 1 heterocycles. The minimum absolute atomic E-state index is 0.00925.